The van der Waals surface area contributed by atoms with Gasteiger partial charge < -0.3 is 20.8 Å². The molecule has 0 aliphatic rings. The summed E-state index contributed by atoms with van der Waals surface area (Å²) in [6, 6.07) is 8.11. The van der Waals surface area contributed by atoms with Crippen molar-refractivity contribution in [3.05, 3.63) is 70.0 Å². The average molecular weight is 957 g/mol. The molecule has 33 heteroatoms. The van der Waals surface area contributed by atoms with E-state index in [0.29, 0.717) is 24.2 Å². The number of aromatic nitrogens is 3. The quantitative estimate of drug-likeness (QED) is 0.0147. The molecule has 8 N–H and O–H groups in total. The van der Waals surface area contributed by atoms with Crippen molar-refractivity contribution >= 4 is 116 Å². The van der Waals surface area contributed by atoms with Gasteiger partial charge in [0.15, 0.2) is 26.7 Å². The Morgan fingerprint density at radius 1 is 0.850 bits per heavy atom. The Labute approximate surface area is 345 Å². The standard InChI is InChI=1S/C27H21ClN8O19S5/c28-25-31-26(29-17-4-2-15(11-20(17)59(46,47)48)58(44,45)6-5-57(43)55-53-42)33-27(32-25)30-18-10-14(56-54-52-41)7-12-8-21(60(49,50)51)23(24(38)22(12)18)35-34-16-3-1-13(36(39)40)9-19(16)37/h1-4,7-11,37-38,41-42H,5-6H2,(H,46,47,48)(H,49,50,51)(H2,29,30,31,32,33). The van der Waals surface area contributed by atoms with Crippen LogP contribution < -0.4 is 10.6 Å². The van der Waals surface area contributed by atoms with E-state index in [9.17, 15) is 58.9 Å². The van der Waals surface area contributed by atoms with Gasteiger partial charge >= 0.3 is 0 Å². The van der Waals surface area contributed by atoms with Gasteiger partial charge in [0.1, 0.15) is 26.9 Å². The SMILES string of the molecule is O=[N+]([O-])c1ccc(N=Nc2c(S(=O)(=O)O)cc3cc(SOOO)cc(Nc4nc(Cl)nc(Nc5ccc(S(=O)(=O)CCS(=O)OOO)cc5S(=O)(=O)O)n4)c3c2O)c(O)c1. The number of non-ortho nitro benzene ring substituents is 1. The molecular formula is C27H21ClN8O19S5. The number of phenolic OH excluding ortho intramolecular Hbond substituents is 2. The second-order valence-corrected chi connectivity index (χ2v) is 18.2. The number of sulfone groups is 1. The van der Waals surface area contributed by atoms with Gasteiger partial charge in [0.25, 0.3) is 25.9 Å². The predicted octanol–water partition coefficient (Wildman–Crippen LogP) is 4.68. The highest BCUT2D eigenvalue weighted by Crippen LogP contribution is 2.47. The number of rotatable bonds is 18. The zero-order valence-corrected chi connectivity index (χ0v) is 33.5. The molecule has 1 atom stereocenters. The summed E-state index contributed by atoms with van der Waals surface area (Å²) < 4.78 is 115. The fourth-order valence-corrected chi connectivity index (χ4v) is 9.23. The topological polar surface area (TPSA) is 408 Å². The van der Waals surface area contributed by atoms with E-state index < -0.39 is 124 Å². The van der Waals surface area contributed by atoms with Crippen molar-refractivity contribution in [2.24, 2.45) is 10.2 Å². The third-order valence-electron chi connectivity index (χ3n) is 7.31. The zero-order chi connectivity index (χ0) is 44.2. The maximum Gasteiger partial charge on any atom is 0.296 e. The van der Waals surface area contributed by atoms with Crippen molar-refractivity contribution in [3.8, 4) is 11.5 Å². The minimum absolute atomic E-state index is 0.00301. The Bertz CT molecular complexity index is 2910. The fourth-order valence-electron chi connectivity index (χ4n) is 4.85. The third-order valence-corrected chi connectivity index (χ3v) is 12.5. The van der Waals surface area contributed by atoms with Crippen LogP contribution in [0.15, 0.2) is 84.4 Å². The van der Waals surface area contributed by atoms with Crippen molar-refractivity contribution in [1.82, 2.24) is 15.0 Å². The first-order valence-electron chi connectivity index (χ1n) is 15.1. The molecule has 60 heavy (non-hydrogen) atoms. The maximum absolute atomic E-state index is 12.8. The monoisotopic (exact) mass is 956 g/mol. The summed E-state index contributed by atoms with van der Waals surface area (Å²) in [5, 5.41) is 67.8. The van der Waals surface area contributed by atoms with Crippen molar-refractivity contribution in [1.29, 1.82) is 0 Å². The molecule has 0 fully saturated rings. The second-order valence-electron chi connectivity index (χ2n) is 11.1. The predicted molar refractivity (Wildman–Crippen MR) is 203 cm³/mol. The number of benzene rings is 4. The number of nitrogens with zero attached hydrogens (tertiary/aromatic N) is 6. The van der Waals surface area contributed by atoms with Crippen LogP contribution >= 0.6 is 23.6 Å². The molecule has 5 aromatic rings. The number of nitro benzene ring substituents is 1. The Balaban J connectivity index is 1.60. The second kappa shape index (κ2) is 18.5. The van der Waals surface area contributed by atoms with Crippen LogP contribution in [0.2, 0.25) is 5.28 Å². The van der Waals surface area contributed by atoms with Crippen molar-refractivity contribution in [2.75, 3.05) is 22.1 Å². The molecule has 0 saturated heterocycles. The molecule has 27 nitrogen and oxygen atoms in total. The number of hydrogen-bond donors (Lipinski definition) is 8. The zero-order valence-electron chi connectivity index (χ0n) is 28.7. The first-order valence-corrected chi connectivity index (χ1v) is 22.0. The van der Waals surface area contributed by atoms with E-state index in [1.807, 2.05) is 0 Å². The van der Waals surface area contributed by atoms with E-state index in [0.717, 1.165) is 30.3 Å². The lowest BCUT2D eigenvalue weighted by Crippen LogP contribution is -2.16. The van der Waals surface area contributed by atoms with Gasteiger partial charge in [-0.2, -0.15) is 31.8 Å². The van der Waals surface area contributed by atoms with Crippen LogP contribution in [0.25, 0.3) is 10.8 Å². The van der Waals surface area contributed by atoms with Crippen molar-refractivity contribution in [2.45, 2.75) is 19.6 Å². The van der Waals surface area contributed by atoms with Gasteiger partial charge in [-0.1, -0.05) is 10.1 Å². The first-order chi connectivity index (χ1) is 28.1. The van der Waals surface area contributed by atoms with Gasteiger partial charge in [-0.15, -0.1) is 18.9 Å². The molecule has 0 spiro atoms. The number of nitrogens with one attached hydrogen (secondary N) is 2. The summed E-state index contributed by atoms with van der Waals surface area (Å²) in [5.74, 6) is -4.46. The van der Waals surface area contributed by atoms with E-state index in [2.05, 4.69) is 54.6 Å². The van der Waals surface area contributed by atoms with E-state index in [1.54, 1.807) is 0 Å². The third kappa shape index (κ3) is 11.1. The Hall–Kier alpha value is -5.33. The summed E-state index contributed by atoms with van der Waals surface area (Å²) >= 11 is 4.04. The van der Waals surface area contributed by atoms with E-state index in [1.165, 1.54) is 12.1 Å². The summed E-state index contributed by atoms with van der Waals surface area (Å²) in [5.41, 5.74) is -2.64. The number of nitro groups is 1. The van der Waals surface area contributed by atoms with Crippen molar-refractivity contribution < 1.29 is 83.0 Å². The normalized spacial score (nSPS) is 12.8. The summed E-state index contributed by atoms with van der Waals surface area (Å²) in [6.45, 7) is 0. The van der Waals surface area contributed by atoms with Crippen LogP contribution in [0.4, 0.5) is 40.3 Å². The molecule has 5 rings (SSSR count). The number of azo groups is 1. The van der Waals surface area contributed by atoms with Crippen molar-refractivity contribution in [3.63, 3.8) is 0 Å². The van der Waals surface area contributed by atoms with Gasteiger partial charge in [0, 0.05) is 16.3 Å². The molecule has 0 radical (unpaired) electrons. The molecular weight excluding hydrogens is 936 g/mol. The minimum Gasteiger partial charge on any atom is -0.505 e. The van der Waals surface area contributed by atoms with E-state index in [4.69, 9.17) is 22.1 Å². The van der Waals surface area contributed by atoms with Crippen LogP contribution in [0.5, 0.6) is 11.5 Å². The van der Waals surface area contributed by atoms with Gasteiger partial charge in [0.05, 0.1) is 50.8 Å². The van der Waals surface area contributed by atoms with Crippen LogP contribution in [0.1, 0.15) is 0 Å². The molecule has 0 bridgehead atoms. The largest absolute Gasteiger partial charge is 0.505 e. The van der Waals surface area contributed by atoms with Gasteiger partial charge in [-0.25, -0.2) is 23.1 Å². The number of anilines is 4. The number of phenols is 2. The molecule has 1 heterocycles. The molecule has 0 saturated carbocycles. The molecule has 0 amide bonds. The average Bonchev–Trinajstić information content (AvgIpc) is 3.15. The highest BCUT2D eigenvalue weighted by Gasteiger charge is 2.26. The van der Waals surface area contributed by atoms with Crippen LogP contribution in [-0.2, 0) is 59.9 Å². The lowest BCUT2D eigenvalue weighted by atomic mass is 10.1. The Morgan fingerprint density at radius 2 is 1.52 bits per heavy atom. The Morgan fingerprint density at radius 3 is 2.12 bits per heavy atom. The molecule has 320 valence electrons. The highest BCUT2D eigenvalue weighted by atomic mass is 35.5. The van der Waals surface area contributed by atoms with Gasteiger partial charge in [0.2, 0.25) is 17.2 Å². The van der Waals surface area contributed by atoms with Crippen LogP contribution in [-0.4, -0.2) is 90.7 Å². The molecule has 0 aliphatic heterocycles. The molecule has 1 aromatic heterocycles. The first kappa shape index (κ1) is 45.7. The van der Waals surface area contributed by atoms with E-state index >= 15 is 0 Å². The minimum atomic E-state index is -5.23. The number of aromatic hydroxyl groups is 2. The van der Waals surface area contributed by atoms with Crippen LogP contribution in [0.3, 0.4) is 0 Å². The lowest BCUT2D eigenvalue weighted by Gasteiger charge is -2.15. The van der Waals surface area contributed by atoms with Gasteiger partial charge in [-0.3, -0.25) is 19.2 Å². The number of fused-ring (bicyclic) bond motifs is 1. The highest BCUT2D eigenvalue weighted by molar-refractivity contribution is 7.94. The maximum atomic E-state index is 12.8. The number of hydrogen-bond acceptors (Lipinski definition) is 25. The summed E-state index contributed by atoms with van der Waals surface area (Å²) in [7, 11) is -14.8. The number of halogens is 1. The molecule has 4 aromatic carbocycles. The Kier molecular flexibility index (Phi) is 14.1. The molecule has 1 unspecified atom stereocenters. The summed E-state index contributed by atoms with van der Waals surface area (Å²) in [6.07, 6.45) is 0. The van der Waals surface area contributed by atoms with E-state index in [-0.39, 0.29) is 21.4 Å². The lowest BCUT2D eigenvalue weighted by molar-refractivity contribution is -0.434. The fraction of sp³-hybridized carbons (Fsp3) is 0.0741. The van der Waals surface area contributed by atoms with Gasteiger partial charge in [-0.05, 0) is 59.5 Å². The summed E-state index contributed by atoms with van der Waals surface area (Å²) in [4.78, 5) is 19.3. The molecule has 0 aliphatic carbocycles. The smallest absolute Gasteiger partial charge is 0.296 e. The van der Waals surface area contributed by atoms with Crippen LogP contribution in [0, 0.1) is 10.1 Å².